The molecule has 9 aromatic rings. The van der Waals surface area contributed by atoms with E-state index in [1.165, 1.54) is 5.56 Å². The van der Waals surface area contributed by atoms with E-state index < -0.39 is 0 Å². The highest BCUT2D eigenvalue weighted by molar-refractivity contribution is 5.97. The fourth-order valence-electron chi connectivity index (χ4n) is 6.81. The number of aryl methyl sites for hydroxylation is 1. The van der Waals surface area contributed by atoms with Gasteiger partial charge in [-0.2, -0.15) is 0 Å². The summed E-state index contributed by atoms with van der Waals surface area (Å²) in [6.07, 6.45) is 0. The molecule has 0 atom stereocenters. The van der Waals surface area contributed by atoms with Crippen LogP contribution in [0.5, 0.6) is 0 Å². The molecule has 0 unspecified atom stereocenters. The second kappa shape index (κ2) is 12.8. The van der Waals surface area contributed by atoms with Crippen LogP contribution >= 0.6 is 0 Å². The van der Waals surface area contributed by atoms with Crippen molar-refractivity contribution in [2.75, 3.05) is 0 Å². The minimum absolute atomic E-state index is 0.138. The lowest BCUT2D eigenvalue weighted by atomic mass is 9.85. The lowest BCUT2D eigenvalue weighted by molar-refractivity contribution is 0.591. The fourth-order valence-corrected chi connectivity index (χ4v) is 6.81. The van der Waals surface area contributed by atoms with Crippen LogP contribution < -0.4 is 0 Å². The zero-order valence-electron chi connectivity index (χ0n) is 30.0. The molecule has 0 aliphatic carbocycles. The summed E-state index contributed by atoms with van der Waals surface area (Å²) in [4.78, 5) is 30.6. The van der Waals surface area contributed by atoms with E-state index in [-0.39, 0.29) is 5.41 Å². The first-order chi connectivity index (χ1) is 25.7. The van der Waals surface area contributed by atoms with Gasteiger partial charge in [-0.3, -0.25) is 0 Å². The van der Waals surface area contributed by atoms with Crippen LogP contribution in [0.4, 0.5) is 0 Å². The van der Waals surface area contributed by atoms with Crippen LogP contribution in [0, 0.1) is 6.92 Å². The summed E-state index contributed by atoms with van der Waals surface area (Å²) >= 11 is 0. The van der Waals surface area contributed by atoms with Gasteiger partial charge in [-0.05, 0) is 81.4 Å². The number of nitrogens with zero attached hydrogens (tertiary/aromatic N) is 6. The minimum atomic E-state index is -0.138. The Labute approximate surface area is 307 Å². The Morgan fingerprint density at radius 3 is 1.21 bits per heavy atom. The van der Waals surface area contributed by atoms with Gasteiger partial charge in [0.15, 0.2) is 34.2 Å². The SMILES string of the molecule is Cc1cc2cc(c1)c1nc(-c3ccccc3)nc(n1)c1cccc(c1)c1cccc(c1)c1nc(-c3ccccc3)nc(n1)c1cc(C(C)(C)C)cc2c1. The van der Waals surface area contributed by atoms with Crippen LogP contribution in [-0.4, -0.2) is 29.9 Å². The van der Waals surface area contributed by atoms with Crippen LogP contribution in [0.2, 0.25) is 0 Å². The first kappa shape index (κ1) is 32.3. The average Bonchev–Trinajstić information content (AvgIpc) is 3.20. The molecule has 0 aliphatic rings. The Balaban J connectivity index is 1.51. The van der Waals surface area contributed by atoms with Crippen molar-refractivity contribution in [2.24, 2.45) is 0 Å². The second-order valence-corrected chi connectivity index (χ2v) is 14.6. The third kappa shape index (κ3) is 6.40. The van der Waals surface area contributed by atoms with Crippen LogP contribution in [0.1, 0.15) is 31.9 Å². The van der Waals surface area contributed by atoms with E-state index in [9.17, 15) is 0 Å². The van der Waals surface area contributed by atoms with Gasteiger partial charge in [-0.1, -0.05) is 130 Å². The highest BCUT2D eigenvalue weighted by Gasteiger charge is 2.16. The van der Waals surface area contributed by atoms with E-state index in [2.05, 4.69) is 113 Å². The Bertz CT molecular complexity index is 2990. The molecule has 254 valence electrons. The van der Waals surface area contributed by atoms with Crippen molar-refractivity contribution in [3.05, 3.63) is 157 Å². The third-order valence-electron chi connectivity index (χ3n) is 9.64. The van der Waals surface area contributed by atoms with Crippen molar-refractivity contribution >= 4 is 65.7 Å². The lowest BCUT2D eigenvalue weighted by Gasteiger charge is -2.19. The molecule has 0 N–H and O–H groups in total. The molecular formula is C47H36N6. The fraction of sp³-hybridized carbons (Fsp3) is 0.106. The lowest BCUT2D eigenvalue weighted by Crippen LogP contribution is -2.10. The predicted octanol–water partition coefficient (Wildman–Crippen LogP) is 11.6. The molecule has 0 saturated heterocycles. The van der Waals surface area contributed by atoms with Gasteiger partial charge in [-0.25, -0.2) is 29.9 Å². The van der Waals surface area contributed by atoms with Crippen molar-refractivity contribution in [3.8, 4) is 22.8 Å². The Hall–Kier alpha value is -6.66. The van der Waals surface area contributed by atoms with E-state index in [0.29, 0.717) is 34.2 Å². The maximum Gasteiger partial charge on any atom is 0.164 e. The molecule has 0 radical (unpaired) electrons. The predicted molar refractivity (Wildman–Crippen MR) is 219 cm³/mol. The van der Waals surface area contributed by atoms with Crippen LogP contribution in [0.15, 0.2) is 146 Å². The molecule has 12 bridgehead atoms. The summed E-state index contributed by atoms with van der Waals surface area (Å²) in [5.41, 5.74) is 6.48. The maximum absolute atomic E-state index is 5.18. The van der Waals surface area contributed by atoms with Crippen LogP contribution in [0.3, 0.4) is 0 Å². The third-order valence-corrected chi connectivity index (χ3v) is 9.64. The smallest absolute Gasteiger partial charge is 0.164 e. The molecule has 53 heavy (non-hydrogen) atoms. The zero-order chi connectivity index (χ0) is 36.1. The largest absolute Gasteiger partial charge is 0.208 e. The minimum Gasteiger partial charge on any atom is -0.208 e. The van der Waals surface area contributed by atoms with E-state index in [1.54, 1.807) is 0 Å². The summed E-state index contributed by atoms with van der Waals surface area (Å²) in [6, 6.07) is 50.2. The molecule has 0 aliphatic heterocycles. The summed E-state index contributed by atoms with van der Waals surface area (Å²) in [5, 5.41) is 7.84. The van der Waals surface area contributed by atoms with Gasteiger partial charge in [0.2, 0.25) is 0 Å². The van der Waals surface area contributed by atoms with Crippen LogP contribution in [0.25, 0.3) is 88.5 Å². The topological polar surface area (TPSA) is 77.3 Å². The average molecular weight is 685 g/mol. The van der Waals surface area contributed by atoms with Gasteiger partial charge in [0.05, 0.1) is 0 Å². The summed E-state index contributed by atoms with van der Waals surface area (Å²) in [7, 11) is 0. The zero-order valence-corrected chi connectivity index (χ0v) is 30.0. The Morgan fingerprint density at radius 2 is 0.717 bits per heavy atom. The van der Waals surface area contributed by atoms with E-state index in [1.807, 2.05) is 60.7 Å². The normalized spacial score (nSPS) is 11.8. The molecule has 3 aromatic heterocycles. The summed E-state index contributed by atoms with van der Waals surface area (Å²) in [5.74, 6) is 1.26. The van der Waals surface area contributed by atoms with Gasteiger partial charge in [0.1, 0.15) is 0 Å². The number of aromatic nitrogens is 6. The molecule has 0 saturated carbocycles. The first-order valence-corrected chi connectivity index (χ1v) is 17.9. The molecule has 3 heterocycles. The molecule has 6 heteroatoms. The Kier molecular flexibility index (Phi) is 7.81. The molecule has 0 spiro atoms. The van der Waals surface area contributed by atoms with Crippen LogP contribution in [-0.2, 0) is 5.41 Å². The van der Waals surface area contributed by atoms with E-state index in [0.717, 1.165) is 59.8 Å². The summed E-state index contributed by atoms with van der Waals surface area (Å²) < 4.78 is 0. The number of hydrogen-bond acceptors (Lipinski definition) is 6. The quantitative estimate of drug-likeness (QED) is 0.180. The number of rotatable bonds is 2. The van der Waals surface area contributed by atoms with Crippen molar-refractivity contribution in [1.29, 1.82) is 0 Å². The monoisotopic (exact) mass is 684 g/mol. The van der Waals surface area contributed by atoms with Gasteiger partial charge < -0.3 is 0 Å². The van der Waals surface area contributed by atoms with Crippen molar-refractivity contribution in [1.82, 2.24) is 29.9 Å². The second-order valence-electron chi connectivity index (χ2n) is 14.6. The van der Waals surface area contributed by atoms with Gasteiger partial charge in [-0.15, -0.1) is 0 Å². The highest BCUT2D eigenvalue weighted by Crippen LogP contribution is 2.31. The van der Waals surface area contributed by atoms with E-state index in [4.69, 9.17) is 29.9 Å². The maximum atomic E-state index is 5.18. The number of fused-ring (bicyclic) bond motifs is 18. The molecular weight excluding hydrogens is 649 g/mol. The summed E-state index contributed by atoms with van der Waals surface area (Å²) in [6.45, 7) is 8.83. The molecule has 0 amide bonds. The van der Waals surface area contributed by atoms with Gasteiger partial charge in [0.25, 0.3) is 0 Å². The highest BCUT2D eigenvalue weighted by atomic mass is 15.0. The molecule has 0 fully saturated rings. The van der Waals surface area contributed by atoms with Gasteiger partial charge >= 0.3 is 0 Å². The van der Waals surface area contributed by atoms with Crippen molar-refractivity contribution in [3.63, 3.8) is 0 Å². The van der Waals surface area contributed by atoms with Crippen molar-refractivity contribution < 1.29 is 0 Å². The number of benzene rings is 6. The standard InChI is InChI=1S/C47H36N6/c1-29-21-36-25-38(22-29)45-50-41(30-13-7-5-8-14-30)48-43(52-45)34-19-11-17-32(23-34)33-18-12-20-35(24-33)44-49-42(31-15-9-6-10-16-31)51-46(53-44)39-26-37(36)27-40(28-39)47(2,3)4/h5-28H,1-4H3. The first-order valence-electron chi connectivity index (χ1n) is 17.9. The van der Waals surface area contributed by atoms with Crippen molar-refractivity contribution in [2.45, 2.75) is 33.1 Å². The molecule has 6 nitrogen and oxygen atoms in total. The van der Waals surface area contributed by atoms with Gasteiger partial charge in [0, 0.05) is 32.7 Å². The molecule has 6 aromatic carbocycles. The number of hydrogen-bond donors (Lipinski definition) is 0. The Morgan fingerprint density at radius 1 is 0.340 bits per heavy atom. The molecule has 9 rings (SSSR count). The van der Waals surface area contributed by atoms with E-state index >= 15 is 0 Å².